The number of benzene rings is 2. The summed E-state index contributed by atoms with van der Waals surface area (Å²) in [7, 11) is -5.87. The van der Waals surface area contributed by atoms with Crippen LogP contribution in [-0.4, -0.2) is 62.7 Å². The second-order valence-electron chi connectivity index (χ2n) is 6.41. The van der Waals surface area contributed by atoms with Crippen LogP contribution in [0.15, 0.2) is 34.1 Å². The minimum absolute atomic E-state index is 0.0197. The lowest BCUT2D eigenvalue weighted by Gasteiger charge is -2.10. The number of hydrogen-bond acceptors (Lipinski definition) is 10. The molecule has 0 fully saturated rings. The van der Waals surface area contributed by atoms with Gasteiger partial charge in [0.05, 0.1) is 39.8 Å². The van der Waals surface area contributed by atoms with E-state index in [1.165, 1.54) is 27.0 Å². The Hall–Kier alpha value is -3.52. The number of ether oxygens (including phenoxy) is 1. The Morgan fingerprint density at radius 2 is 1.21 bits per heavy atom. The first-order chi connectivity index (χ1) is 15.1. The van der Waals surface area contributed by atoms with Gasteiger partial charge in [-0.2, -0.15) is 0 Å². The number of rotatable bonds is 7. The van der Waals surface area contributed by atoms with E-state index in [0.717, 1.165) is 18.2 Å². The number of hydrogen-bond donors (Lipinski definition) is 5. The third-order valence-corrected chi connectivity index (χ3v) is 7.92. The van der Waals surface area contributed by atoms with E-state index in [1.807, 2.05) is 0 Å². The van der Waals surface area contributed by atoms with E-state index in [2.05, 4.69) is 0 Å². The number of nitrogens with two attached hydrogens (primary N) is 2. The summed E-state index contributed by atoms with van der Waals surface area (Å²) in [6.45, 7) is 2.88. The lowest BCUT2D eigenvalue weighted by molar-refractivity contribution is 0.0682. The molecule has 0 aromatic heterocycles. The average molecular weight is 505 g/mol. The molecule has 12 nitrogen and oxygen atoms in total. The van der Waals surface area contributed by atoms with Gasteiger partial charge in [-0.25, -0.2) is 26.4 Å². The molecule has 2 rings (SSSR count). The minimum Gasteiger partial charge on any atom is -0.507 e. The van der Waals surface area contributed by atoms with E-state index in [-0.39, 0.29) is 44.0 Å². The predicted octanol–water partition coefficient (Wildman–Crippen LogP) is 1.24. The zero-order chi connectivity index (χ0) is 25.7. The lowest BCUT2D eigenvalue weighted by atomic mass is 10.2. The van der Waals surface area contributed by atoms with Crippen LogP contribution in [0.3, 0.4) is 0 Å². The van der Waals surface area contributed by atoms with Crippen molar-refractivity contribution in [2.45, 2.75) is 23.6 Å². The van der Waals surface area contributed by atoms with Gasteiger partial charge in [-0.15, -0.1) is 0 Å². The minimum atomic E-state index is -3.60. The van der Waals surface area contributed by atoms with Crippen molar-refractivity contribution in [1.29, 1.82) is 0 Å². The standard InChI is InChI=1S/C10H13NO5S.C9H11NO5S/c1-3-17(14,15)9-4-6(10(12)13)8(16-2)5-7(9)11;1-2-16(14,15)8-3-5(9(12)13)7(11)4-6(8)10/h4-5H,3,11H2,1-2H3,(H,12,13);3-4,11H,2,10H2,1H3,(H,12,13). The molecule has 0 aliphatic rings. The van der Waals surface area contributed by atoms with E-state index in [9.17, 15) is 31.5 Å². The molecule has 2 aromatic carbocycles. The number of methoxy groups -OCH3 is 1. The predicted molar refractivity (Wildman–Crippen MR) is 119 cm³/mol. The van der Waals surface area contributed by atoms with Gasteiger partial charge in [-0.1, -0.05) is 13.8 Å². The monoisotopic (exact) mass is 504 g/mol. The molecule has 14 heteroatoms. The van der Waals surface area contributed by atoms with Crippen LogP contribution >= 0.6 is 0 Å². The van der Waals surface area contributed by atoms with Gasteiger partial charge in [-0.05, 0) is 12.1 Å². The van der Waals surface area contributed by atoms with Crippen molar-refractivity contribution in [2.24, 2.45) is 0 Å². The molecule has 0 atom stereocenters. The first kappa shape index (κ1) is 27.5. The Morgan fingerprint density at radius 3 is 1.58 bits per heavy atom. The van der Waals surface area contributed by atoms with Crippen molar-refractivity contribution in [2.75, 3.05) is 30.1 Å². The smallest absolute Gasteiger partial charge is 0.339 e. The van der Waals surface area contributed by atoms with Crippen molar-refractivity contribution in [1.82, 2.24) is 0 Å². The summed E-state index contributed by atoms with van der Waals surface area (Å²) in [5.41, 5.74) is 10.1. The molecular weight excluding hydrogens is 480 g/mol. The quantitative estimate of drug-likeness (QED) is 0.336. The van der Waals surface area contributed by atoms with Crippen LogP contribution < -0.4 is 16.2 Å². The normalized spacial score (nSPS) is 11.2. The summed E-state index contributed by atoms with van der Waals surface area (Å²) in [5, 5.41) is 26.9. The van der Waals surface area contributed by atoms with E-state index in [4.69, 9.17) is 26.4 Å². The van der Waals surface area contributed by atoms with Crippen molar-refractivity contribution in [3.63, 3.8) is 0 Å². The van der Waals surface area contributed by atoms with E-state index >= 15 is 0 Å². The third-order valence-electron chi connectivity index (χ3n) is 4.35. The highest BCUT2D eigenvalue weighted by Gasteiger charge is 2.22. The van der Waals surface area contributed by atoms with E-state index < -0.39 is 42.9 Å². The van der Waals surface area contributed by atoms with E-state index in [1.54, 1.807) is 0 Å². The molecule has 0 radical (unpaired) electrons. The molecule has 0 unspecified atom stereocenters. The van der Waals surface area contributed by atoms with Gasteiger partial charge in [0.2, 0.25) is 0 Å². The number of sulfone groups is 2. The summed E-state index contributed by atoms with van der Waals surface area (Å²) in [6, 6.07) is 4.01. The van der Waals surface area contributed by atoms with Gasteiger partial charge in [0.15, 0.2) is 19.7 Å². The highest BCUT2D eigenvalue weighted by Crippen LogP contribution is 2.30. The molecule has 0 spiro atoms. The Labute approximate surface area is 190 Å². The van der Waals surface area contributed by atoms with Gasteiger partial charge in [-0.3, -0.25) is 0 Å². The fraction of sp³-hybridized carbons (Fsp3) is 0.263. The van der Waals surface area contributed by atoms with Crippen molar-refractivity contribution < 1.29 is 46.5 Å². The fourth-order valence-electron chi connectivity index (χ4n) is 2.52. The molecule has 2 aromatic rings. The maximum Gasteiger partial charge on any atom is 0.339 e. The number of carboxylic acids is 2. The van der Waals surface area contributed by atoms with Gasteiger partial charge >= 0.3 is 11.9 Å². The van der Waals surface area contributed by atoms with Gasteiger partial charge in [0.25, 0.3) is 0 Å². The molecule has 33 heavy (non-hydrogen) atoms. The number of aromatic hydroxyl groups is 1. The van der Waals surface area contributed by atoms with Crippen LogP contribution in [0.2, 0.25) is 0 Å². The summed E-state index contributed by atoms with van der Waals surface area (Å²) < 4.78 is 51.3. The third kappa shape index (κ3) is 6.26. The highest BCUT2D eigenvalue weighted by molar-refractivity contribution is 7.91. The molecule has 0 aliphatic carbocycles. The second kappa shape index (κ2) is 10.4. The molecule has 0 heterocycles. The average Bonchev–Trinajstić information content (AvgIpc) is 2.72. The Kier molecular flexibility index (Phi) is 8.67. The molecular formula is C19H24N2O10S2. The number of nitrogen functional groups attached to an aromatic ring is 2. The van der Waals surface area contributed by atoms with Crippen LogP contribution in [0.5, 0.6) is 11.5 Å². The summed E-state index contributed by atoms with van der Waals surface area (Å²) in [5.74, 6) is -3.55. The molecule has 0 saturated heterocycles. The maximum atomic E-state index is 11.7. The molecule has 0 aliphatic heterocycles. The Morgan fingerprint density at radius 1 is 0.818 bits per heavy atom. The van der Waals surface area contributed by atoms with Crippen LogP contribution in [0.1, 0.15) is 34.6 Å². The van der Waals surface area contributed by atoms with Crippen molar-refractivity contribution in [3.05, 3.63) is 35.4 Å². The Balaban J connectivity index is 0.000000331. The lowest BCUT2D eigenvalue weighted by Crippen LogP contribution is -2.10. The number of anilines is 2. The van der Waals surface area contributed by atoms with Gasteiger partial charge < -0.3 is 31.5 Å². The first-order valence-corrected chi connectivity index (χ1v) is 12.4. The van der Waals surface area contributed by atoms with Gasteiger partial charge in [0.1, 0.15) is 22.6 Å². The van der Waals surface area contributed by atoms with Crippen LogP contribution in [-0.2, 0) is 19.7 Å². The number of carboxylic acid groups (broad SMARTS) is 2. The topological polar surface area (TPSA) is 224 Å². The summed E-state index contributed by atoms with van der Waals surface area (Å²) in [4.78, 5) is 21.2. The zero-order valence-corrected chi connectivity index (χ0v) is 19.5. The second-order valence-corrected chi connectivity index (χ2v) is 10.9. The van der Waals surface area contributed by atoms with Crippen LogP contribution in [0.4, 0.5) is 11.4 Å². The molecule has 0 amide bonds. The molecule has 7 N–H and O–H groups in total. The summed E-state index contributed by atoms with van der Waals surface area (Å²) in [6.07, 6.45) is 0. The maximum absolute atomic E-state index is 11.7. The zero-order valence-electron chi connectivity index (χ0n) is 17.9. The van der Waals surface area contributed by atoms with Crippen molar-refractivity contribution >= 4 is 43.0 Å². The number of aromatic carboxylic acids is 2. The van der Waals surface area contributed by atoms with Crippen LogP contribution in [0.25, 0.3) is 0 Å². The highest BCUT2D eigenvalue weighted by atomic mass is 32.2. The fourth-order valence-corrected chi connectivity index (χ4v) is 4.57. The van der Waals surface area contributed by atoms with E-state index in [0.29, 0.717) is 0 Å². The number of carbonyl (C=O) groups is 2. The molecule has 182 valence electrons. The van der Waals surface area contributed by atoms with Crippen LogP contribution in [0, 0.1) is 0 Å². The first-order valence-electron chi connectivity index (χ1n) is 9.14. The summed E-state index contributed by atoms with van der Waals surface area (Å²) >= 11 is 0. The van der Waals surface area contributed by atoms with Crippen molar-refractivity contribution in [3.8, 4) is 11.5 Å². The Bertz CT molecular complexity index is 1290. The largest absolute Gasteiger partial charge is 0.507 e. The number of phenols is 1. The molecule has 0 saturated carbocycles. The van der Waals surface area contributed by atoms with Gasteiger partial charge in [0, 0.05) is 12.1 Å². The SMILES string of the molecule is CCS(=O)(=O)c1cc(C(=O)O)c(O)cc1N.CCS(=O)(=O)c1cc(C(=O)O)c(OC)cc1N. The molecule has 0 bridgehead atoms.